The van der Waals surface area contributed by atoms with E-state index in [-0.39, 0.29) is 11.9 Å². The first-order chi connectivity index (χ1) is 13.2. The Hall–Kier alpha value is -3.02. The van der Waals surface area contributed by atoms with Crippen molar-refractivity contribution in [1.82, 2.24) is 4.90 Å². The quantitative estimate of drug-likeness (QED) is 0.724. The molecule has 1 heterocycles. The highest BCUT2D eigenvalue weighted by molar-refractivity contribution is 5.99. The summed E-state index contributed by atoms with van der Waals surface area (Å²) in [5.74, 6) is 0.697. The van der Waals surface area contributed by atoms with E-state index in [1.54, 1.807) is 17.0 Å². The number of urea groups is 1. The van der Waals surface area contributed by atoms with E-state index >= 15 is 0 Å². The summed E-state index contributed by atoms with van der Waals surface area (Å²) in [5, 5.41) is 5.77. The van der Waals surface area contributed by atoms with Crippen molar-refractivity contribution < 1.29 is 14.3 Å². The third-order valence-corrected chi connectivity index (χ3v) is 4.40. The Balaban J connectivity index is 1.46. The largest absolute Gasteiger partial charge is 0.494 e. The predicted molar refractivity (Wildman–Crippen MR) is 106 cm³/mol. The summed E-state index contributed by atoms with van der Waals surface area (Å²) >= 11 is 0. The van der Waals surface area contributed by atoms with Crippen LogP contribution in [0.1, 0.15) is 25.7 Å². The van der Waals surface area contributed by atoms with Crippen molar-refractivity contribution >= 4 is 23.3 Å². The maximum absolute atomic E-state index is 12.3. The van der Waals surface area contributed by atoms with Gasteiger partial charge >= 0.3 is 6.03 Å². The first-order valence-corrected chi connectivity index (χ1v) is 9.35. The zero-order valence-corrected chi connectivity index (χ0v) is 15.3. The number of carbonyl (C=O) groups excluding carboxylic acids is 2. The van der Waals surface area contributed by atoms with E-state index in [0.29, 0.717) is 30.8 Å². The zero-order valence-electron chi connectivity index (χ0n) is 15.3. The number of ether oxygens (including phenoxy) is 1. The molecule has 1 aliphatic rings. The smallest absolute Gasteiger partial charge is 0.321 e. The van der Waals surface area contributed by atoms with Crippen LogP contribution in [-0.4, -0.2) is 36.5 Å². The van der Waals surface area contributed by atoms with Crippen LogP contribution in [0.3, 0.4) is 0 Å². The molecule has 1 fully saturated rings. The second kappa shape index (κ2) is 9.62. The van der Waals surface area contributed by atoms with Crippen LogP contribution in [-0.2, 0) is 4.79 Å². The standard InChI is InChI=1S/C21H25N3O3/c25-20(13-8-16-27-17-9-2-1-3-10-17)22-18-11-4-5-12-19(18)23-21(26)24-14-6-7-15-24/h1-5,9-12H,6-8,13-16H2,(H,22,25)(H,23,26). The summed E-state index contributed by atoms with van der Waals surface area (Å²) < 4.78 is 5.60. The van der Waals surface area contributed by atoms with Gasteiger partial charge in [-0.05, 0) is 43.5 Å². The van der Waals surface area contributed by atoms with E-state index in [0.717, 1.165) is 31.7 Å². The van der Waals surface area contributed by atoms with Gasteiger partial charge in [0, 0.05) is 19.5 Å². The molecule has 27 heavy (non-hydrogen) atoms. The van der Waals surface area contributed by atoms with Gasteiger partial charge < -0.3 is 20.3 Å². The van der Waals surface area contributed by atoms with Gasteiger partial charge in [-0.2, -0.15) is 0 Å². The number of anilines is 2. The first kappa shape index (κ1) is 18.8. The lowest BCUT2D eigenvalue weighted by Crippen LogP contribution is -2.32. The van der Waals surface area contributed by atoms with Crippen LogP contribution in [0.5, 0.6) is 5.75 Å². The Bertz CT molecular complexity index is 758. The van der Waals surface area contributed by atoms with Crippen molar-refractivity contribution in [2.45, 2.75) is 25.7 Å². The van der Waals surface area contributed by atoms with Crippen LogP contribution >= 0.6 is 0 Å². The second-order valence-corrected chi connectivity index (χ2v) is 6.48. The van der Waals surface area contributed by atoms with Crippen LogP contribution < -0.4 is 15.4 Å². The van der Waals surface area contributed by atoms with Gasteiger partial charge in [-0.1, -0.05) is 30.3 Å². The van der Waals surface area contributed by atoms with Crippen molar-refractivity contribution in [2.24, 2.45) is 0 Å². The average Bonchev–Trinajstić information content (AvgIpc) is 3.23. The van der Waals surface area contributed by atoms with E-state index in [9.17, 15) is 9.59 Å². The summed E-state index contributed by atoms with van der Waals surface area (Å²) in [6.07, 6.45) is 3.04. The van der Waals surface area contributed by atoms with E-state index in [1.165, 1.54) is 0 Å². The van der Waals surface area contributed by atoms with Crippen molar-refractivity contribution in [3.05, 3.63) is 54.6 Å². The number of hydrogen-bond donors (Lipinski definition) is 2. The topological polar surface area (TPSA) is 70.7 Å². The number of likely N-dealkylation sites (tertiary alicyclic amines) is 1. The molecule has 3 rings (SSSR count). The van der Waals surface area contributed by atoms with Gasteiger partial charge in [0.05, 0.1) is 18.0 Å². The van der Waals surface area contributed by atoms with Gasteiger partial charge in [0.1, 0.15) is 5.75 Å². The SMILES string of the molecule is O=C(CCCOc1ccccc1)Nc1ccccc1NC(=O)N1CCCC1. The number of benzene rings is 2. The minimum atomic E-state index is -0.120. The predicted octanol–water partition coefficient (Wildman–Crippen LogP) is 4.11. The molecule has 6 heteroatoms. The lowest BCUT2D eigenvalue weighted by molar-refractivity contribution is -0.116. The molecule has 2 aromatic rings. The summed E-state index contributed by atoms with van der Waals surface area (Å²) in [5.41, 5.74) is 1.22. The van der Waals surface area contributed by atoms with Crippen LogP contribution in [0.4, 0.5) is 16.2 Å². The minimum absolute atomic E-state index is 0.102. The Morgan fingerprint density at radius 2 is 1.52 bits per heavy atom. The maximum atomic E-state index is 12.3. The molecule has 3 amide bonds. The molecule has 2 aromatic carbocycles. The van der Waals surface area contributed by atoms with Crippen molar-refractivity contribution in [1.29, 1.82) is 0 Å². The first-order valence-electron chi connectivity index (χ1n) is 9.35. The van der Waals surface area contributed by atoms with Crippen LogP contribution in [0.25, 0.3) is 0 Å². The number of amides is 3. The van der Waals surface area contributed by atoms with Crippen molar-refractivity contribution in [3.63, 3.8) is 0 Å². The molecule has 0 aliphatic carbocycles. The molecule has 0 radical (unpaired) electrons. The number of rotatable bonds is 7. The maximum Gasteiger partial charge on any atom is 0.321 e. The molecular weight excluding hydrogens is 342 g/mol. The van der Waals surface area contributed by atoms with E-state index in [4.69, 9.17) is 4.74 Å². The Labute approximate surface area is 159 Å². The number of nitrogens with zero attached hydrogens (tertiary/aromatic N) is 1. The molecule has 2 N–H and O–H groups in total. The minimum Gasteiger partial charge on any atom is -0.494 e. The Kier molecular flexibility index (Phi) is 6.68. The van der Waals surface area contributed by atoms with Gasteiger partial charge in [0.15, 0.2) is 0 Å². The van der Waals surface area contributed by atoms with Crippen molar-refractivity contribution in [3.8, 4) is 5.75 Å². The normalized spacial score (nSPS) is 13.3. The lowest BCUT2D eigenvalue weighted by Gasteiger charge is -2.18. The summed E-state index contributed by atoms with van der Waals surface area (Å²) in [7, 11) is 0. The number of carbonyl (C=O) groups is 2. The summed E-state index contributed by atoms with van der Waals surface area (Å²) in [6, 6.07) is 16.7. The van der Waals surface area contributed by atoms with Crippen LogP contribution in [0.15, 0.2) is 54.6 Å². The zero-order chi connectivity index (χ0) is 18.9. The summed E-state index contributed by atoms with van der Waals surface area (Å²) in [6.45, 7) is 2.04. The third kappa shape index (κ3) is 5.74. The van der Waals surface area contributed by atoms with Gasteiger partial charge in [0.2, 0.25) is 5.91 Å². The van der Waals surface area contributed by atoms with E-state index in [1.807, 2.05) is 42.5 Å². The molecule has 0 aromatic heterocycles. The van der Waals surface area contributed by atoms with Crippen LogP contribution in [0.2, 0.25) is 0 Å². The molecule has 0 bridgehead atoms. The molecule has 0 spiro atoms. The number of hydrogen-bond acceptors (Lipinski definition) is 3. The number of nitrogens with one attached hydrogen (secondary N) is 2. The Morgan fingerprint density at radius 1 is 0.889 bits per heavy atom. The van der Waals surface area contributed by atoms with E-state index < -0.39 is 0 Å². The fourth-order valence-electron chi connectivity index (χ4n) is 2.97. The highest BCUT2D eigenvalue weighted by Gasteiger charge is 2.18. The fraction of sp³-hybridized carbons (Fsp3) is 0.333. The van der Waals surface area contributed by atoms with E-state index in [2.05, 4.69) is 10.6 Å². The monoisotopic (exact) mass is 367 g/mol. The highest BCUT2D eigenvalue weighted by Crippen LogP contribution is 2.22. The molecular formula is C21H25N3O3. The molecule has 1 aliphatic heterocycles. The third-order valence-electron chi connectivity index (χ3n) is 4.40. The molecule has 6 nitrogen and oxygen atoms in total. The fourth-order valence-corrected chi connectivity index (χ4v) is 2.97. The molecule has 1 saturated heterocycles. The molecule has 0 atom stereocenters. The van der Waals surface area contributed by atoms with Crippen LogP contribution in [0, 0.1) is 0 Å². The highest BCUT2D eigenvalue weighted by atomic mass is 16.5. The molecule has 0 unspecified atom stereocenters. The van der Waals surface area contributed by atoms with Gasteiger partial charge in [0.25, 0.3) is 0 Å². The Morgan fingerprint density at radius 3 is 2.22 bits per heavy atom. The molecule has 0 saturated carbocycles. The van der Waals surface area contributed by atoms with Gasteiger partial charge in [-0.25, -0.2) is 4.79 Å². The van der Waals surface area contributed by atoms with Gasteiger partial charge in [-0.3, -0.25) is 4.79 Å². The molecule has 142 valence electrons. The number of para-hydroxylation sites is 3. The van der Waals surface area contributed by atoms with Crippen molar-refractivity contribution in [2.75, 3.05) is 30.3 Å². The van der Waals surface area contributed by atoms with Gasteiger partial charge in [-0.15, -0.1) is 0 Å². The summed E-state index contributed by atoms with van der Waals surface area (Å²) in [4.78, 5) is 26.3. The average molecular weight is 367 g/mol. The lowest BCUT2D eigenvalue weighted by atomic mass is 10.2. The second-order valence-electron chi connectivity index (χ2n) is 6.48.